The summed E-state index contributed by atoms with van der Waals surface area (Å²) >= 11 is 0. The van der Waals surface area contributed by atoms with E-state index in [-0.39, 0.29) is 17.5 Å². The summed E-state index contributed by atoms with van der Waals surface area (Å²) in [6.07, 6.45) is 0. The van der Waals surface area contributed by atoms with Gasteiger partial charge < -0.3 is 11.1 Å². The van der Waals surface area contributed by atoms with Gasteiger partial charge in [0, 0.05) is 11.3 Å². The average molecular weight is 330 g/mol. The summed E-state index contributed by atoms with van der Waals surface area (Å²) in [4.78, 5) is 8.04. The molecule has 3 aromatic rings. The molecule has 0 unspecified atom stereocenters. The van der Waals surface area contributed by atoms with Crippen molar-refractivity contribution >= 4 is 17.5 Å². The van der Waals surface area contributed by atoms with E-state index in [1.54, 1.807) is 42.5 Å². The molecule has 120 valence electrons. The van der Waals surface area contributed by atoms with Gasteiger partial charge in [0.1, 0.15) is 5.69 Å². The molecule has 0 saturated heterocycles. The molecule has 0 radical (unpaired) electrons. The number of nitrogen functional groups attached to an aromatic ring is 1. The molecule has 7 heteroatoms. The fraction of sp³-hybridized carbons (Fsp3) is 0. The minimum absolute atomic E-state index is 0.0106. The van der Waals surface area contributed by atoms with E-state index in [2.05, 4.69) is 15.3 Å². The first-order valence-electron chi connectivity index (χ1n) is 7.21. The second-order valence-electron chi connectivity index (χ2n) is 5.11. The molecule has 0 saturated carbocycles. The highest BCUT2D eigenvalue weighted by Gasteiger charge is 2.15. The molecular formula is C18H11FN6. The van der Waals surface area contributed by atoms with E-state index in [1.807, 2.05) is 12.1 Å². The lowest BCUT2D eigenvalue weighted by molar-refractivity contribution is 0.625. The van der Waals surface area contributed by atoms with E-state index in [9.17, 15) is 4.39 Å². The van der Waals surface area contributed by atoms with Gasteiger partial charge in [0.15, 0.2) is 11.6 Å². The molecule has 3 N–H and O–H groups in total. The Labute approximate surface area is 143 Å². The van der Waals surface area contributed by atoms with Crippen LogP contribution in [-0.2, 0) is 0 Å². The third-order valence-electron chi connectivity index (χ3n) is 3.39. The van der Waals surface area contributed by atoms with Crippen molar-refractivity contribution < 1.29 is 4.39 Å². The van der Waals surface area contributed by atoms with Gasteiger partial charge in [0.25, 0.3) is 0 Å². The average Bonchev–Trinajstić information content (AvgIpc) is 2.64. The molecule has 0 spiro atoms. The molecule has 3 rings (SSSR count). The van der Waals surface area contributed by atoms with Crippen LogP contribution in [0.15, 0.2) is 48.5 Å². The monoisotopic (exact) mass is 330 g/mol. The summed E-state index contributed by atoms with van der Waals surface area (Å²) in [6.45, 7) is 0. The number of hydrogen-bond donors (Lipinski definition) is 2. The Morgan fingerprint density at radius 3 is 2.36 bits per heavy atom. The van der Waals surface area contributed by atoms with Gasteiger partial charge in [-0.15, -0.1) is 0 Å². The fourth-order valence-electron chi connectivity index (χ4n) is 2.24. The molecule has 0 amide bonds. The Morgan fingerprint density at radius 1 is 0.960 bits per heavy atom. The summed E-state index contributed by atoms with van der Waals surface area (Å²) in [5, 5.41) is 20.8. The van der Waals surface area contributed by atoms with Gasteiger partial charge in [-0.3, -0.25) is 0 Å². The molecule has 25 heavy (non-hydrogen) atoms. The highest BCUT2D eigenvalue weighted by molar-refractivity contribution is 5.68. The third-order valence-corrected chi connectivity index (χ3v) is 3.39. The quantitative estimate of drug-likeness (QED) is 0.761. The minimum Gasteiger partial charge on any atom is -0.381 e. The first-order valence-corrected chi connectivity index (χ1v) is 7.21. The van der Waals surface area contributed by atoms with Crippen molar-refractivity contribution in [3.8, 4) is 23.4 Å². The number of nitrogens with zero attached hydrogens (tertiary/aromatic N) is 4. The van der Waals surface area contributed by atoms with Gasteiger partial charge in [-0.05, 0) is 30.3 Å². The lowest BCUT2D eigenvalue weighted by atomic mass is 10.1. The molecule has 0 aliphatic rings. The van der Waals surface area contributed by atoms with Crippen LogP contribution in [0.2, 0.25) is 0 Å². The van der Waals surface area contributed by atoms with Crippen molar-refractivity contribution in [1.82, 2.24) is 9.97 Å². The molecule has 1 aromatic heterocycles. The zero-order valence-corrected chi connectivity index (χ0v) is 12.9. The molecule has 2 aromatic carbocycles. The van der Waals surface area contributed by atoms with Crippen molar-refractivity contribution in [3.05, 3.63) is 65.5 Å². The first kappa shape index (κ1) is 15.9. The predicted octanol–water partition coefficient (Wildman–Crippen LogP) is 3.35. The van der Waals surface area contributed by atoms with E-state index in [4.69, 9.17) is 16.3 Å². The Bertz CT molecular complexity index is 1030. The van der Waals surface area contributed by atoms with Gasteiger partial charge in [-0.2, -0.15) is 15.5 Å². The molecule has 0 bridgehead atoms. The van der Waals surface area contributed by atoms with Gasteiger partial charge in [-0.25, -0.2) is 9.37 Å². The third kappa shape index (κ3) is 3.36. The second-order valence-corrected chi connectivity index (χ2v) is 5.11. The molecule has 6 nitrogen and oxygen atoms in total. The van der Waals surface area contributed by atoms with Crippen LogP contribution in [0.3, 0.4) is 0 Å². The Balaban J connectivity index is 2.03. The van der Waals surface area contributed by atoms with Crippen molar-refractivity contribution in [2.75, 3.05) is 11.1 Å². The van der Waals surface area contributed by atoms with Crippen LogP contribution in [0.4, 0.5) is 21.8 Å². The lowest BCUT2D eigenvalue weighted by Gasteiger charge is -2.10. The normalized spacial score (nSPS) is 9.88. The zero-order valence-electron chi connectivity index (χ0n) is 12.9. The summed E-state index contributed by atoms with van der Waals surface area (Å²) in [7, 11) is 0. The highest BCUT2D eigenvalue weighted by Crippen LogP contribution is 2.26. The summed E-state index contributed by atoms with van der Waals surface area (Å²) in [5.41, 5.74) is 7.47. The number of aromatic nitrogens is 2. The predicted molar refractivity (Wildman–Crippen MR) is 91.0 cm³/mol. The van der Waals surface area contributed by atoms with Crippen LogP contribution in [0, 0.1) is 28.5 Å². The van der Waals surface area contributed by atoms with Gasteiger partial charge in [0.05, 0.1) is 23.3 Å². The van der Waals surface area contributed by atoms with Crippen molar-refractivity contribution in [3.63, 3.8) is 0 Å². The van der Waals surface area contributed by atoms with Crippen LogP contribution in [-0.4, -0.2) is 9.97 Å². The maximum absolute atomic E-state index is 14.4. The van der Waals surface area contributed by atoms with Gasteiger partial charge in [0.2, 0.25) is 5.95 Å². The standard InChI is InChI=1S/C18H11FN6/c19-15-16(13-5-1-3-11(7-13)9-20)24-18(25-17(15)22)23-14-6-2-4-12(8-14)10-21/h1-8H,(H3,22,23,24,25). The van der Waals surface area contributed by atoms with Crippen LogP contribution in [0.5, 0.6) is 0 Å². The van der Waals surface area contributed by atoms with E-state index in [0.29, 0.717) is 22.4 Å². The lowest BCUT2D eigenvalue weighted by Crippen LogP contribution is -2.05. The number of halogens is 1. The van der Waals surface area contributed by atoms with Crippen molar-refractivity contribution in [2.45, 2.75) is 0 Å². The molecule has 0 aliphatic heterocycles. The molecule has 0 fully saturated rings. The Kier molecular flexibility index (Phi) is 4.23. The van der Waals surface area contributed by atoms with E-state index in [1.165, 1.54) is 6.07 Å². The maximum atomic E-state index is 14.4. The van der Waals surface area contributed by atoms with Gasteiger partial charge in [-0.1, -0.05) is 18.2 Å². The number of nitriles is 2. The first-order chi connectivity index (χ1) is 12.1. The van der Waals surface area contributed by atoms with Crippen molar-refractivity contribution in [1.29, 1.82) is 10.5 Å². The zero-order chi connectivity index (χ0) is 17.8. The summed E-state index contributed by atoms with van der Waals surface area (Å²) < 4.78 is 14.4. The highest BCUT2D eigenvalue weighted by atomic mass is 19.1. The van der Waals surface area contributed by atoms with E-state index < -0.39 is 5.82 Å². The largest absolute Gasteiger partial charge is 0.381 e. The minimum atomic E-state index is -0.758. The summed E-state index contributed by atoms with van der Waals surface area (Å²) in [6, 6.07) is 17.1. The molecule has 0 aliphatic carbocycles. The number of rotatable bonds is 3. The van der Waals surface area contributed by atoms with Gasteiger partial charge >= 0.3 is 0 Å². The molecule has 0 atom stereocenters. The van der Waals surface area contributed by atoms with Crippen molar-refractivity contribution in [2.24, 2.45) is 0 Å². The number of hydrogen-bond acceptors (Lipinski definition) is 6. The van der Waals surface area contributed by atoms with E-state index >= 15 is 0 Å². The Hall–Kier alpha value is -3.97. The number of benzene rings is 2. The number of anilines is 3. The number of nitrogens with one attached hydrogen (secondary N) is 1. The van der Waals surface area contributed by atoms with Crippen LogP contribution >= 0.6 is 0 Å². The fourth-order valence-corrected chi connectivity index (χ4v) is 2.24. The SMILES string of the molecule is N#Cc1cccc(Nc2nc(N)c(F)c(-c3cccc(C#N)c3)n2)c1. The molecule has 1 heterocycles. The smallest absolute Gasteiger partial charge is 0.229 e. The summed E-state index contributed by atoms with van der Waals surface area (Å²) in [5.74, 6) is -0.982. The maximum Gasteiger partial charge on any atom is 0.229 e. The van der Waals surface area contributed by atoms with Crippen LogP contribution in [0.1, 0.15) is 11.1 Å². The van der Waals surface area contributed by atoms with Crippen LogP contribution in [0.25, 0.3) is 11.3 Å². The molecular weight excluding hydrogens is 319 g/mol. The second kappa shape index (κ2) is 6.65. The topological polar surface area (TPSA) is 111 Å². The number of nitrogens with two attached hydrogens (primary N) is 1. The van der Waals surface area contributed by atoms with E-state index in [0.717, 1.165) is 0 Å². The Morgan fingerprint density at radius 2 is 1.64 bits per heavy atom. The van der Waals surface area contributed by atoms with Crippen LogP contribution < -0.4 is 11.1 Å².